The molecule has 0 radical (unpaired) electrons. The van der Waals surface area contributed by atoms with E-state index in [-0.39, 0.29) is 0 Å². The Hall–Kier alpha value is -0.440. The summed E-state index contributed by atoms with van der Waals surface area (Å²) in [4.78, 5) is 0. The predicted molar refractivity (Wildman–Crippen MR) is 378 cm³/mol. The zero-order chi connectivity index (χ0) is 62.6. The number of ether oxygens (including phenoxy) is 6. The van der Waals surface area contributed by atoms with Crippen LogP contribution in [0.5, 0.6) is 0 Å². The lowest BCUT2D eigenvalue weighted by atomic mass is 9.56. The van der Waals surface area contributed by atoms with Gasteiger partial charge in [-0.05, 0) is 346 Å². The summed E-state index contributed by atoms with van der Waals surface area (Å²) in [6.45, 7) is 8.20. The van der Waals surface area contributed by atoms with Gasteiger partial charge in [-0.2, -0.15) is 0 Å². The fourth-order valence-corrected chi connectivity index (χ4v) is 22.7. The Morgan fingerprint density at radius 3 is 0.564 bits per heavy atom. The lowest BCUT2D eigenvalue weighted by Crippen LogP contribution is -2.52. The molecule has 17 saturated heterocycles. The van der Waals surface area contributed by atoms with E-state index >= 15 is 0 Å². The first-order chi connectivity index (χ1) is 46.2. The second-order valence-electron chi connectivity index (χ2n) is 38.1. The normalized spacial score (nSPS) is 50.8. The Balaban J connectivity index is 0.0000000797. The van der Waals surface area contributed by atoms with E-state index < -0.39 is 0 Å². The molecule has 11 heteroatoms. The maximum Gasteiger partial charge on any atom is 0.0628 e. The molecule has 10 atom stereocenters. The molecule has 38 rings (SSSR count). The van der Waals surface area contributed by atoms with E-state index in [2.05, 4.69) is 26.6 Å². The van der Waals surface area contributed by atoms with Gasteiger partial charge in [-0.3, -0.25) is 0 Å². The average molecular weight is 1310 g/mol. The summed E-state index contributed by atoms with van der Waals surface area (Å²) >= 11 is 0. The van der Waals surface area contributed by atoms with Crippen LogP contribution in [0.25, 0.3) is 0 Å². The van der Waals surface area contributed by atoms with Crippen molar-refractivity contribution in [3.05, 3.63) is 0 Å². The van der Waals surface area contributed by atoms with Crippen LogP contribution in [0.1, 0.15) is 295 Å². The van der Waals surface area contributed by atoms with Gasteiger partial charge in [0.25, 0.3) is 0 Å². The van der Waals surface area contributed by atoms with Crippen LogP contribution in [0.4, 0.5) is 0 Å². The van der Waals surface area contributed by atoms with Crippen molar-refractivity contribution in [3.8, 4) is 0 Å². The Bertz CT molecular complexity index is 1640. The van der Waals surface area contributed by atoms with Crippen LogP contribution in [0.15, 0.2) is 0 Å². The van der Waals surface area contributed by atoms with Crippen molar-refractivity contribution in [2.45, 2.75) is 387 Å². The van der Waals surface area contributed by atoms with E-state index in [4.69, 9.17) is 28.4 Å². The summed E-state index contributed by atoms with van der Waals surface area (Å²) in [5.74, 6) is 16.9. The third-order valence-corrected chi connectivity index (χ3v) is 30.6. The molecule has 17 aliphatic heterocycles. The fourth-order valence-electron chi connectivity index (χ4n) is 22.7. The molecule has 0 amide bonds. The van der Waals surface area contributed by atoms with E-state index in [9.17, 15) is 0 Å². The first-order valence-electron chi connectivity index (χ1n) is 42.8. The number of fused-ring (bicyclic) bond motifs is 19. The van der Waals surface area contributed by atoms with Crippen molar-refractivity contribution in [2.75, 3.05) is 46.0 Å². The van der Waals surface area contributed by atoms with Gasteiger partial charge in [0.2, 0.25) is 0 Å². The SMILES string of the molecule is C1C2CC1C2.C1C2CC1C2.C1C2CC1O2.C1CC2CC1C2.C1CC2CC1C2.C1CC2CC1CN2.C1CC2CC1CO2.C1CC2CC1CO2.C1CC2CC1O2.C1CC2CCC1C2.C1CC2CCC1N2.C1CC2CCC1O2.C1NC2CC1C2.C1NC2CNC1C2.C1OC2CC1C2. The smallest absolute Gasteiger partial charge is 0.0628 e. The number of piperidine rings is 1. The minimum atomic E-state index is 0.671. The zero-order valence-electron chi connectivity index (χ0n) is 59.7. The first-order valence-corrected chi connectivity index (χ1v) is 42.8. The van der Waals surface area contributed by atoms with Crippen molar-refractivity contribution in [3.63, 3.8) is 0 Å². The lowest BCUT2D eigenvalue weighted by molar-refractivity contribution is -0.237. The molecule has 10 unspecified atom stereocenters. The Labute approximate surface area is 573 Å². The molecular formula is C83H141N5O6. The van der Waals surface area contributed by atoms with Crippen molar-refractivity contribution in [2.24, 2.45) is 88.8 Å². The Morgan fingerprint density at radius 1 is 0.160 bits per heavy atom. The summed E-state index contributed by atoms with van der Waals surface area (Å²) in [6, 6.07) is 5.32. The molecule has 0 aromatic heterocycles. The number of hydrogen-bond donors (Lipinski definition) is 5. The Morgan fingerprint density at radius 2 is 0.457 bits per heavy atom. The molecule has 5 N–H and O–H groups in total. The maximum absolute atomic E-state index is 5.47. The van der Waals surface area contributed by atoms with Crippen LogP contribution in [-0.4, -0.2) is 137 Å². The van der Waals surface area contributed by atoms with E-state index in [0.29, 0.717) is 54.9 Å². The monoisotopic (exact) mass is 1300 g/mol. The quantitative estimate of drug-likeness (QED) is 0.160. The van der Waals surface area contributed by atoms with E-state index in [1.165, 1.54) is 259 Å². The summed E-state index contributed by atoms with van der Waals surface area (Å²) < 4.78 is 31.7. The summed E-state index contributed by atoms with van der Waals surface area (Å²) in [6.07, 6.45) is 73.7. The van der Waals surface area contributed by atoms with Crippen LogP contribution < -0.4 is 26.6 Å². The Kier molecular flexibility index (Phi) is 23.8. The number of nitrogens with one attached hydrogen (secondary N) is 5. The van der Waals surface area contributed by atoms with Gasteiger partial charge in [-0.1, -0.05) is 51.4 Å². The minimum absolute atomic E-state index is 0.671. The number of rotatable bonds is 0. The highest BCUT2D eigenvalue weighted by Gasteiger charge is 2.45. The van der Waals surface area contributed by atoms with E-state index in [1.54, 1.807) is 122 Å². The second kappa shape index (κ2) is 32.9. The highest BCUT2D eigenvalue weighted by molar-refractivity contribution is 4.98. The molecule has 38 aliphatic rings. The minimum Gasteiger partial charge on any atom is -0.378 e. The average Bonchev–Trinajstić information content (AvgIpc) is 1.48. The first kappa shape index (κ1) is 68.0. The van der Waals surface area contributed by atoms with Crippen molar-refractivity contribution in [1.29, 1.82) is 0 Å². The standard InChI is InChI=1S/C7H12.2C6H11N.3C6H10O.2C6H10.C5H10N2.C5H9N.2C5H8O.2C5H8.C4H6O/c1-2-7-4-3-6(1)5-7;1-2-6-3-5(1)4-7-6;1-2-6-4-3-5(1)7-6;2*1-2-6-3-5(1)4-7-6;1-2-6-4-3-5(1)7-6;2*1-2-6-3-5(1)4-6;1-4-2-6-5(1)3-7-4;2*1-4-2-5(1)6-3-4;1-2-5-3-4(1)6-5;2*1-4-2-5(1)3-4;1-3-2-4(1)5-3/h6-7H,1-5H2;2*5-7H,1-4H2;3*5-6H,1-4H2;2*5-6H,1-4H2;4-7H,1-3H2;4-6H,1-3H2;2*4-5H,1-3H2;2*4-5H,1-3H2;3-4H,1-2H2. The molecule has 38 fully saturated rings. The summed E-state index contributed by atoms with van der Waals surface area (Å²) in [5, 5.41) is 17.2. The van der Waals surface area contributed by atoms with Crippen molar-refractivity contribution in [1.82, 2.24) is 26.6 Å². The van der Waals surface area contributed by atoms with E-state index in [1.807, 2.05) is 0 Å². The van der Waals surface area contributed by atoms with Crippen LogP contribution in [0, 0.1) is 88.8 Å². The highest BCUT2D eigenvalue weighted by atomic mass is 16.5. The predicted octanol–water partition coefficient (Wildman–Crippen LogP) is 16.0. The molecule has 0 aromatic rings. The highest BCUT2D eigenvalue weighted by Crippen LogP contribution is 2.54. The third-order valence-electron chi connectivity index (χ3n) is 30.6. The molecule has 94 heavy (non-hydrogen) atoms. The van der Waals surface area contributed by atoms with Crippen LogP contribution in [0.2, 0.25) is 0 Å². The largest absolute Gasteiger partial charge is 0.378 e. The molecular weight excluding hydrogens is 1160 g/mol. The molecule has 30 bridgehead atoms. The lowest BCUT2D eigenvalue weighted by Gasteiger charge is -2.49. The second-order valence-corrected chi connectivity index (χ2v) is 38.1. The maximum atomic E-state index is 5.47. The zero-order valence-corrected chi connectivity index (χ0v) is 59.7. The summed E-state index contributed by atoms with van der Waals surface area (Å²) in [5.41, 5.74) is 0. The molecule has 21 aliphatic carbocycles. The van der Waals surface area contributed by atoms with Crippen LogP contribution in [-0.2, 0) is 28.4 Å². The number of hydrogen-bond acceptors (Lipinski definition) is 11. The molecule has 0 spiro atoms. The molecule has 11 nitrogen and oxygen atoms in total. The topological polar surface area (TPSA) is 116 Å². The van der Waals surface area contributed by atoms with Crippen LogP contribution >= 0.6 is 0 Å². The number of piperazine rings is 1. The third kappa shape index (κ3) is 19.0. The van der Waals surface area contributed by atoms with Gasteiger partial charge in [0.1, 0.15) is 0 Å². The molecule has 0 aromatic carbocycles. The van der Waals surface area contributed by atoms with Gasteiger partial charge in [0, 0.05) is 69.2 Å². The van der Waals surface area contributed by atoms with Crippen LogP contribution in [0.3, 0.4) is 0 Å². The van der Waals surface area contributed by atoms with Gasteiger partial charge in [-0.15, -0.1) is 0 Å². The van der Waals surface area contributed by atoms with Gasteiger partial charge in [-0.25, -0.2) is 0 Å². The van der Waals surface area contributed by atoms with E-state index in [0.717, 1.165) is 85.7 Å². The fraction of sp³-hybridized carbons (Fsp3) is 1.00. The summed E-state index contributed by atoms with van der Waals surface area (Å²) in [7, 11) is 0. The molecule has 21 saturated carbocycles. The van der Waals surface area contributed by atoms with Crippen molar-refractivity contribution >= 4 is 0 Å². The van der Waals surface area contributed by atoms with Gasteiger partial charge in [0.05, 0.1) is 54.9 Å². The van der Waals surface area contributed by atoms with Gasteiger partial charge in [0.15, 0.2) is 0 Å². The molecule has 534 valence electrons. The van der Waals surface area contributed by atoms with Gasteiger partial charge < -0.3 is 55.0 Å². The van der Waals surface area contributed by atoms with Crippen molar-refractivity contribution < 1.29 is 28.4 Å². The molecule has 17 heterocycles. The van der Waals surface area contributed by atoms with Gasteiger partial charge >= 0.3 is 0 Å².